The Morgan fingerprint density at radius 3 is 2.40 bits per heavy atom. The number of aromatic hydroxyl groups is 2. The number of nitrogens with two attached hydrogens (primary N) is 1. The van der Waals surface area contributed by atoms with E-state index in [0.29, 0.717) is 5.56 Å². The van der Waals surface area contributed by atoms with Gasteiger partial charge in [-0.25, -0.2) is 0 Å². The van der Waals surface area contributed by atoms with Gasteiger partial charge in [-0.15, -0.1) is 0 Å². The standard InChI is InChI=1S/C13H18N2O5/c14-8(3-7-1-2-9(16)10(17)4-7)13(20)15-5-11(18)12(19)6-15/h1-2,4,8,11-12,16-19H,3,5-6,14H2/t8-,11-,12+/m0/s1. The highest BCUT2D eigenvalue weighted by Gasteiger charge is 2.34. The number of hydrogen-bond acceptors (Lipinski definition) is 6. The molecule has 1 aromatic rings. The molecular weight excluding hydrogens is 264 g/mol. The molecule has 7 heteroatoms. The topological polar surface area (TPSA) is 127 Å². The summed E-state index contributed by atoms with van der Waals surface area (Å²) in [5.74, 6) is -0.873. The molecule has 1 fully saturated rings. The first kappa shape index (κ1) is 14.6. The van der Waals surface area contributed by atoms with E-state index >= 15 is 0 Å². The fourth-order valence-electron chi connectivity index (χ4n) is 2.22. The van der Waals surface area contributed by atoms with Crippen LogP contribution in [0.4, 0.5) is 0 Å². The molecule has 0 saturated carbocycles. The van der Waals surface area contributed by atoms with Gasteiger partial charge in [0.05, 0.1) is 18.2 Å². The van der Waals surface area contributed by atoms with Crippen LogP contribution in [-0.2, 0) is 11.2 Å². The lowest BCUT2D eigenvalue weighted by Gasteiger charge is -2.20. The summed E-state index contributed by atoms with van der Waals surface area (Å²) in [5, 5.41) is 37.4. The van der Waals surface area contributed by atoms with Gasteiger partial charge in [-0.2, -0.15) is 0 Å². The summed E-state index contributed by atoms with van der Waals surface area (Å²) in [5.41, 5.74) is 6.42. The van der Waals surface area contributed by atoms with Crippen LogP contribution in [0.2, 0.25) is 0 Å². The Balaban J connectivity index is 1.99. The first-order valence-corrected chi connectivity index (χ1v) is 6.30. The van der Waals surface area contributed by atoms with Gasteiger partial charge < -0.3 is 31.1 Å². The molecule has 2 rings (SSSR count). The van der Waals surface area contributed by atoms with E-state index in [1.165, 1.54) is 17.0 Å². The van der Waals surface area contributed by atoms with Crippen molar-refractivity contribution in [2.45, 2.75) is 24.7 Å². The highest BCUT2D eigenvalue weighted by molar-refractivity contribution is 5.82. The predicted molar refractivity (Wildman–Crippen MR) is 70.0 cm³/mol. The number of phenolic OH excluding ortho intramolecular Hbond substituents is 2. The number of carbonyl (C=O) groups excluding carboxylic acids is 1. The second-order valence-electron chi connectivity index (χ2n) is 5.01. The van der Waals surface area contributed by atoms with Gasteiger partial charge in [0.25, 0.3) is 0 Å². The Morgan fingerprint density at radius 2 is 1.85 bits per heavy atom. The molecule has 0 unspecified atom stereocenters. The van der Waals surface area contributed by atoms with Crippen molar-refractivity contribution in [3.05, 3.63) is 23.8 Å². The van der Waals surface area contributed by atoms with Crippen LogP contribution in [0.3, 0.4) is 0 Å². The van der Waals surface area contributed by atoms with Gasteiger partial charge in [0.2, 0.25) is 5.91 Å². The Labute approximate surface area is 115 Å². The van der Waals surface area contributed by atoms with Crippen molar-refractivity contribution in [2.75, 3.05) is 13.1 Å². The lowest BCUT2D eigenvalue weighted by Crippen LogP contribution is -2.44. The molecule has 110 valence electrons. The normalized spacial score (nSPS) is 23.9. The van der Waals surface area contributed by atoms with Gasteiger partial charge in [-0.3, -0.25) is 4.79 Å². The second-order valence-corrected chi connectivity index (χ2v) is 5.01. The maximum Gasteiger partial charge on any atom is 0.240 e. The zero-order chi connectivity index (χ0) is 14.9. The minimum atomic E-state index is -0.941. The summed E-state index contributed by atoms with van der Waals surface area (Å²) in [6.45, 7) is 0.128. The number of rotatable bonds is 3. The maximum atomic E-state index is 12.1. The van der Waals surface area contributed by atoms with E-state index < -0.39 is 18.2 Å². The van der Waals surface area contributed by atoms with E-state index in [4.69, 9.17) is 5.73 Å². The molecule has 0 aliphatic carbocycles. The van der Waals surface area contributed by atoms with Crippen molar-refractivity contribution in [3.8, 4) is 11.5 Å². The zero-order valence-corrected chi connectivity index (χ0v) is 10.8. The molecule has 1 amide bonds. The number of aliphatic hydroxyl groups excluding tert-OH is 2. The molecule has 0 spiro atoms. The molecule has 1 aliphatic rings. The van der Waals surface area contributed by atoms with Gasteiger partial charge in [-0.1, -0.05) is 6.07 Å². The van der Waals surface area contributed by atoms with Gasteiger partial charge in [0.15, 0.2) is 11.5 Å². The van der Waals surface area contributed by atoms with Crippen LogP contribution in [0, 0.1) is 0 Å². The number of likely N-dealkylation sites (tertiary alicyclic amines) is 1. The SMILES string of the molecule is N[C@@H](Cc1ccc(O)c(O)c1)C(=O)N1C[C@@H](O)[C@@H](O)C1. The number of hydrogen-bond donors (Lipinski definition) is 5. The van der Waals surface area contributed by atoms with Gasteiger partial charge >= 0.3 is 0 Å². The smallest absolute Gasteiger partial charge is 0.240 e. The molecule has 0 aromatic heterocycles. The third-order valence-corrected chi connectivity index (χ3v) is 3.38. The zero-order valence-electron chi connectivity index (χ0n) is 10.8. The Morgan fingerprint density at radius 1 is 1.25 bits per heavy atom. The summed E-state index contributed by atoms with van der Waals surface area (Å²) in [6.07, 6.45) is -1.69. The summed E-state index contributed by atoms with van der Waals surface area (Å²) in [4.78, 5) is 13.4. The number of benzene rings is 1. The number of phenols is 2. The summed E-state index contributed by atoms with van der Waals surface area (Å²) in [7, 11) is 0. The number of amides is 1. The molecule has 20 heavy (non-hydrogen) atoms. The molecule has 0 bridgehead atoms. The van der Waals surface area contributed by atoms with Gasteiger partial charge in [0, 0.05) is 13.1 Å². The Kier molecular flexibility index (Phi) is 4.12. The largest absolute Gasteiger partial charge is 0.504 e. The van der Waals surface area contributed by atoms with E-state index in [1.807, 2.05) is 0 Å². The van der Waals surface area contributed by atoms with E-state index in [2.05, 4.69) is 0 Å². The van der Waals surface area contributed by atoms with Crippen LogP contribution >= 0.6 is 0 Å². The second kappa shape index (κ2) is 5.66. The van der Waals surface area contributed by atoms with Crippen LogP contribution in [0.25, 0.3) is 0 Å². The van der Waals surface area contributed by atoms with Crippen molar-refractivity contribution in [1.82, 2.24) is 4.90 Å². The summed E-state index contributed by atoms with van der Waals surface area (Å²) in [6, 6.07) is 3.40. The monoisotopic (exact) mass is 282 g/mol. The molecule has 6 N–H and O–H groups in total. The predicted octanol–water partition coefficient (Wildman–Crippen LogP) is -1.47. The number of aliphatic hydroxyl groups is 2. The molecular formula is C13H18N2O5. The summed E-state index contributed by atoms with van der Waals surface area (Å²) < 4.78 is 0. The van der Waals surface area contributed by atoms with Crippen molar-refractivity contribution in [1.29, 1.82) is 0 Å². The highest BCUT2D eigenvalue weighted by atomic mass is 16.3. The van der Waals surface area contributed by atoms with Crippen LogP contribution < -0.4 is 5.73 Å². The molecule has 1 saturated heterocycles. The lowest BCUT2D eigenvalue weighted by atomic mass is 10.0. The van der Waals surface area contributed by atoms with E-state index in [9.17, 15) is 25.2 Å². The minimum absolute atomic E-state index is 0.0640. The minimum Gasteiger partial charge on any atom is -0.504 e. The first-order chi connectivity index (χ1) is 9.38. The molecule has 1 aromatic carbocycles. The first-order valence-electron chi connectivity index (χ1n) is 6.30. The molecule has 1 heterocycles. The number of nitrogens with zero attached hydrogens (tertiary/aromatic N) is 1. The quantitative estimate of drug-likeness (QED) is 0.431. The average Bonchev–Trinajstić information content (AvgIpc) is 2.73. The number of β-amino-alcohol motifs (C(OH)–C–C–N with tert-alkyl or cyclic N) is 2. The Bertz CT molecular complexity index is 498. The van der Waals surface area contributed by atoms with Crippen LogP contribution in [0.1, 0.15) is 5.56 Å². The third-order valence-electron chi connectivity index (χ3n) is 3.38. The van der Waals surface area contributed by atoms with Crippen LogP contribution in [-0.4, -0.2) is 62.6 Å². The van der Waals surface area contributed by atoms with Crippen LogP contribution in [0.5, 0.6) is 11.5 Å². The van der Waals surface area contributed by atoms with Gasteiger partial charge in [-0.05, 0) is 24.1 Å². The third kappa shape index (κ3) is 3.01. The van der Waals surface area contributed by atoms with Crippen molar-refractivity contribution in [3.63, 3.8) is 0 Å². The highest BCUT2D eigenvalue weighted by Crippen LogP contribution is 2.25. The fraction of sp³-hybridized carbons (Fsp3) is 0.462. The van der Waals surface area contributed by atoms with E-state index in [1.54, 1.807) is 6.07 Å². The molecule has 0 radical (unpaired) electrons. The van der Waals surface area contributed by atoms with Crippen molar-refractivity contribution in [2.24, 2.45) is 5.73 Å². The molecule has 1 aliphatic heterocycles. The molecule has 3 atom stereocenters. The summed E-state index contributed by atoms with van der Waals surface area (Å²) >= 11 is 0. The number of carbonyl (C=O) groups is 1. The average molecular weight is 282 g/mol. The van der Waals surface area contributed by atoms with Crippen molar-refractivity contribution < 1.29 is 25.2 Å². The lowest BCUT2D eigenvalue weighted by molar-refractivity contribution is -0.132. The molecule has 7 nitrogen and oxygen atoms in total. The maximum absolute atomic E-state index is 12.1. The van der Waals surface area contributed by atoms with E-state index in [-0.39, 0.29) is 36.9 Å². The van der Waals surface area contributed by atoms with Crippen molar-refractivity contribution >= 4 is 5.91 Å². The van der Waals surface area contributed by atoms with E-state index in [0.717, 1.165) is 0 Å². The van der Waals surface area contributed by atoms with Crippen LogP contribution in [0.15, 0.2) is 18.2 Å². The van der Waals surface area contributed by atoms with Gasteiger partial charge in [0.1, 0.15) is 0 Å². The Hall–Kier alpha value is -1.83. The fourth-order valence-corrected chi connectivity index (χ4v) is 2.22.